The first-order chi connectivity index (χ1) is 10.3. The summed E-state index contributed by atoms with van der Waals surface area (Å²) < 4.78 is 6.02. The van der Waals surface area contributed by atoms with Gasteiger partial charge in [-0.15, -0.1) is 0 Å². The normalized spacial score (nSPS) is 19.1. The second kappa shape index (κ2) is 6.63. The first kappa shape index (κ1) is 14.6. The van der Waals surface area contributed by atoms with Crippen molar-refractivity contribution < 1.29 is 4.42 Å². The average molecular weight is 286 g/mol. The quantitative estimate of drug-likeness (QED) is 0.906. The van der Waals surface area contributed by atoms with E-state index in [0.717, 1.165) is 23.8 Å². The number of benzene rings is 1. The van der Waals surface area contributed by atoms with Crippen LogP contribution in [0.3, 0.4) is 0 Å². The Bertz CT molecular complexity index is 536. The molecule has 0 spiro atoms. The van der Waals surface area contributed by atoms with Gasteiger partial charge in [0, 0.05) is 5.39 Å². The van der Waals surface area contributed by atoms with Crippen LogP contribution in [0.4, 0.5) is 0 Å². The Morgan fingerprint density at radius 1 is 1.29 bits per heavy atom. The van der Waals surface area contributed by atoms with Crippen molar-refractivity contribution in [3.8, 4) is 0 Å². The van der Waals surface area contributed by atoms with Gasteiger partial charge in [-0.05, 0) is 70.9 Å². The predicted molar refractivity (Wildman–Crippen MR) is 87.5 cm³/mol. The minimum atomic E-state index is 0.377. The molecule has 0 saturated carbocycles. The maximum atomic E-state index is 6.02. The van der Waals surface area contributed by atoms with Gasteiger partial charge in [0.2, 0.25) is 0 Å². The lowest BCUT2D eigenvalue weighted by Gasteiger charge is -2.35. The van der Waals surface area contributed by atoms with Gasteiger partial charge in [0.15, 0.2) is 0 Å². The molecular formula is C18H26N2O. The Kier molecular flexibility index (Phi) is 4.61. The number of likely N-dealkylation sites (tertiary alicyclic amines) is 1. The fourth-order valence-electron chi connectivity index (χ4n) is 3.37. The van der Waals surface area contributed by atoms with Gasteiger partial charge in [-0.2, -0.15) is 0 Å². The molecule has 3 nitrogen and oxygen atoms in total. The van der Waals surface area contributed by atoms with Crippen LogP contribution in [-0.4, -0.2) is 31.6 Å². The summed E-state index contributed by atoms with van der Waals surface area (Å²) in [6, 6.07) is 10.9. The zero-order chi connectivity index (χ0) is 14.7. The van der Waals surface area contributed by atoms with E-state index in [2.05, 4.69) is 41.4 Å². The highest BCUT2D eigenvalue weighted by atomic mass is 16.3. The summed E-state index contributed by atoms with van der Waals surface area (Å²) >= 11 is 0. The van der Waals surface area contributed by atoms with Gasteiger partial charge in [-0.3, -0.25) is 4.90 Å². The van der Waals surface area contributed by atoms with E-state index in [9.17, 15) is 0 Å². The van der Waals surface area contributed by atoms with Crippen LogP contribution in [0.15, 0.2) is 34.7 Å². The maximum absolute atomic E-state index is 6.02. The molecule has 1 aromatic heterocycles. The van der Waals surface area contributed by atoms with Gasteiger partial charge >= 0.3 is 0 Å². The highest BCUT2D eigenvalue weighted by molar-refractivity contribution is 5.77. The number of nitrogens with zero attached hydrogens (tertiary/aromatic N) is 1. The number of para-hydroxylation sites is 1. The predicted octanol–water partition coefficient (Wildman–Crippen LogP) is 3.82. The van der Waals surface area contributed by atoms with Crippen LogP contribution in [0.25, 0.3) is 11.0 Å². The molecular weight excluding hydrogens is 260 g/mol. The zero-order valence-corrected chi connectivity index (χ0v) is 13.1. The Labute approximate surface area is 127 Å². The van der Waals surface area contributed by atoms with Crippen molar-refractivity contribution in [2.75, 3.05) is 26.7 Å². The van der Waals surface area contributed by atoms with Crippen LogP contribution in [0, 0.1) is 5.92 Å². The molecule has 0 bridgehead atoms. The fraction of sp³-hybridized carbons (Fsp3) is 0.556. The first-order valence-electron chi connectivity index (χ1n) is 8.15. The van der Waals surface area contributed by atoms with E-state index >= 15 is 0 Å². The van der Waals surface area contributed by atoms with Crippen LogP contribution < -0.4 is 5.32 Å². The van der Waals surface area contributed by atoms with Crippen molar-refractivity contribution in [3.05, 3.63) is 36.1 Å². The van der Waals surface area contributed by atoms with E-state index in [4.69, 9.17) is 4.42 Å². The number of rotatable bonds is 5. The van der Waals surface area contributed by atoms with Crippen LogP contribution in [0.2, 0.25) is 0 Å². The van der Waals surface area contributed by atoms with E-state index in [1.54, 1.807) is 0 Å². The summed E-state index contributed by atoms with van der Waals surface area (Å²) in [7, 11) is 2.04. The molecule has 3 heteroatoms. The van der Waals surface area contributed by atoms with E-state index in [-0.39, 0.29) is 0 Å². The Morgan fingerprint density at radius 3 is 2.76 bits per heavy atom. The summed E-state index contributed by atoms with van der Waals surface area (Å²) in [5.41, 5.74) is 1.00. The molecule has 2 aromatic rings. The molecule has 0 radical (unpaired) electrons. The molecule has 1 atom stereocenters. The Balaban J connectivity index is 1.62. The highest BCUT2D eigenvalue weighted by Gasteiger charge is 2.25. The third-order valence-corrected chi connectivity index (χ3v) is 4.86. The van der Waals surface area contributed by atoms with E-state index in [1.807, 2.05) is 13.1 Å². The number of furan rings is 1. The molecule has 1 aromatic carbocycles. The molecule has 21 heavy (non-hydrogen) atoms. The zero-order valence-electron chi connectivity index (χ0n) is 13.1. The van der Waals surface area contributed by atoms with Crippen molar-refractivity contribution in [1.82, 2.24) is 10.2 Å². The van der Waals surface area contributed by atoms with E-state index < -0.39 is 0 Å². The molecule has 1 fully saturated rings. The number of hydrogen-bond acceptors (Lipinski definition) is 3. The third kappa shape index (κ3) is 3.30. The number of fused-ring (bicyclic) bond motifs is 1. The van der Waals surface area contributed by atoms with Gasteiger partial charge in [0.25, 0.3) is 0 Å². The molecule has 114 valence electrons. The molecule has 0 aliphatic carbocycles. The highest BCUT2D eigenvalue weighted by Crippen LogP contribution is 2.31. The minimum absolute atomic E-state index is 0.377. The third-order valence-electron chi connectivity index (χ3n) is 4.86. The number of nitrogens with one attached hydrogen (secondary N) is 1. The Hall–Kier alpha value is -1.32. The Morgan fingerprint density at radius 2 is 2.05 bits per heavy atom. The van der Waals surface area contributed by atoms with E-state index in [0.29, 0.717) is 6.04 Å². The molecule has 0 amide bonds. The van der Waals surface area contributed by atoms with Gasteiger partial charge in [0.05, 0.1) is 6.04 Å². The molecule has 1 N–H and O–H groups in total. The van der Waals surface area contributed by atoms with Crippen molar-refractivity contribution >= 4 is 11.0 Å². The van der Waals surface area contributed by atoms with Crippen LogP contribution in [-0.2, 0) is 0 Å². The monoisotopic (exact) mass is 286 g/mol. The molecule has 2 heterocycles. The molecule has 3 rings (SSSR count). The van der Waals surface area contributed by atoms with Crippen molar-refractivity contribution in [1.29, 1.82) is 0 Å². The van der Waals surface area contributed by atoms with Crippen LogP contribution in [0.5, 0.6) is 0 Å². The second-order valence-corrected chi connectivity index (χ2v) is 6.23. The summed E-state index contributed by atoms with van der Waals surface area (Å²) in [5, 5.41) is 4.47. The van der Waals surface area contributed by atoms with Crippen molar-refractivity contribution in [2.24, 2.45) is 5.92 Å². The van der Waals surface area contributed by atoms with Crippen LogP contribution >= 0.6 is 0 Å². The lowest BCUT2D eigenvalue weighted by atomic mass is 9.92. The number of hydrogen-bond donors (Lipinski definition) is 1. The molecule has 1 aliphatic rings. The average Bonchev–Trinajstić information content (AvgIpc) is 2.96. The second-order valence-electron chi connectivity index (χ2n) is 6.23. The molecule has 1 unspecified atom stereocenters. The minimum Gasteiger partial charge on any atom is -0.459 e. The number of piperidine rings is 1. The topological polar surface area (TPSA) is 28.4 Å². The van der Waals surface area contributed by atoms with Crippen molar-refractivity contribution in [2.45, 2.75) is 32.2 Å². The lowest BCUT2D eigenvalue weighted by Crippen LogP contribution is -2.36. The van der Waals surface area contributed by atoms with Crippen LogP contribution in [0.1, 0.15) is 38.0 Å². The van der Waals surface area contributed by atoms with Crippen molar-refractivity contribution in [3.63, 3.8) is 0 Å². The molecule has 1 aliphatic heterocycles. The molecule has 1 saturated heterocycles. The summed E-state index contributed by atoms with van der Waals surface area (Å²) in [5.74, 6) is 1.99. The summed E-state index contributed by atoms with van der Waals surface area (Å²) in [6.07, 6.45) is 3.93. The maximum Gasteiger partial charge on any atom is 0.134 e. The largest absolute Gasteiger partial charge is 0.459 e. The van der Waals surface area contributed by atoms with Gasteiger partial charge < -0.3 is 9.73 Å². The van der Waals surface area contributed by atoms with E-state index in [1.165, 1.54) is 37.7 Å². The SMILES string of the molecule is CNCCC1CCN(C(C)c2cc3ccccc3o2)CC1. The van der Waals surface area contributed by atoms with Gasteiger partial charge in [-0.1, -0.05) is 18.2 Å². The summed E-state index contributed by atoms with van der Waals surface area (Å²) in [6.45, 7) is 5.79. The standard InChI is InChI=1S/C18H26N2O/c1-14(18-13-16-5-3-4-6-17(16)21-18)20-11-8-15(9-12-20)7-10-19-2/h3-6,13-15,19H,7-12H2,1-2H3. The van der Waals surface area contributed by atoms with Gasteiger partial charge in [0.1, 0.15) is 11.3 Å². The first-order valence-corrected chi connectivity index (χ1v) is 8.15. The van der Waals surface area contributed by atoms with Gasteiger partial charge in [-0.25, -0.2) is 0 Å². The fourth-order valence-corrected chi connectivity index (χ4v) is 3.37. The summed E-state index contributed by atoms with van der Waals surface area (Å²) in [4.78, 5) is 2.56. The smallest absolute Gasteiger partial charge is 0.134 e. The lowest BCUT2D eigenvalue weighted by molar-refractivity contribution is 0.126.